The predicted molar refractivity (Wildman–Crippen MR) is 141 cm³/mol. The van der Waals surface area contributed by atoms with Crippen molar-refractivity contribution in [3.05, 3.63) is 92.0 Å². The Bertz CT molecular complexity index is 1780. The number of thiazole rings is 1. The van der Waals surface area contributed by atoms with Gasteiger partial charge in [0.2, 0.25) is 10.7 Å². The number of rotatable bonds is 5. The molecule has 0 spiro atoms. The molecule has 0 unspecified atom stereocenters. The zero-order chi connectivity index (χ0) is 26.8. The Labute approximate surface area is 222 Å². The second-order valence-corrected chi connectivity index (χ2v) is 9.60. The molecule has 0 bridgehead atoms. The third kappa shape index (κ3) is 4.47. The van der Waals surface area contributed by atoms with Crippen LogP contribution in [0.1, 0.15) is 20.9 Å². The van der Waals surface area contributed by atoms with E-state index in [9.17, 15) is 24.8 Å². The molecule has 0 radical (unpaired) electrons. The summed E-state index contributed by atoms with van der Waals surface area (Å²) in [5, 5.41) is 29.1. The van der Waals surface area contributed by atoms with Crippen molar-refractivity contribution >= 4 is 45.6 Å². The quantitative estimate of drug-likeness (QED) is 0.316. The number of benzene rings is 2. The van der Waals surface area contributed by atoms with Crippen molar-refractivity contribution in [2.45, 2.75) is 0 Å². The third-order valence-electron chi connectivity index (χ3n) is 5.28. The first-order valence-electron chi connectivity index (χ1n) is 10.9. The van der Waals surface area contributed by atoms with Gasteiger partial charge in [0.1, 0.15) is 21.6 Å². The summed E-state index contributed by atoms with van der Waals surface area (Å²) in [5.41, 5.74) is 7.18. The number of nitrogens with two attached hydrogens (primary N) is 1. The third-order valence-corrected chi connectivity index (χ3v) is 7.40. The fourth-order valence-electron chi connectivity index (χ4n) is 3.53. The van der Waals surface area contributed by atoms with Gasteiger partial charge >= 0.3 is 0 Å². The van der Waals surface area contributed by atoms with Crippen molar-refractivity contribution in [1.29, 1.82) is 5.26 Å². The summed E-state index contributed by atoms with van der Waals surface area (Å²) in [7, 11) is 0. The Kier molecular flexibility index (Phi) is 6.60. The van der Waals surface area contributed by atoms with Crippen LogP contribution in [0.5, 0.6) is 5.88 Å². The van der Waals surface area contributed by atoms with E-state index in [1.54, 1.807) is 66.7 Å². The standard InChI is InChI=1S/C24H16N8O4S2/c25-11-15-17(26)18(30-32(22(15)35)14-9-5-2-6-10-14)20(34)28-29-24-31(13-7-3-1-4-8-13)23(36)19(38-24)21-27-16(33)12-37-21/h1-10,36H,12,26H2,(H,28,34)/b29-24-. The van der Waals surface area contributed by atoms with Gasteiger partial charge in [0.15, 0.2) is 5.69 Å². The summed E-state index contributed by atoms with van der Waals surface area (Å²) in [6.45, 7) is 0. The zero-order valence-corrected chi connectivity index (χ0v) is 20.9. The zero-order valence-electron chi connectivity index (χ0n) is 19.2. The molecule has 38 heavy (non-hydrogen) atoms. The molecule has 12 nitrogen and oxygen atoms in total. The molecule has 0 saturated heterocycles. The van der Waals surface area contributed by atoms with Crippen LogP contribution in [-0.2, 0) is 4.79 Å². The SMILES string of the molecule is N#Cc1c(N)c(C(=O)N/N=c2\sc(C3=NC(=O)CS3)c(O)n2-c2ccccc2)nn(-c2ccccc2)c1=O. The van der Waals surface area contributed by atoms with E-state index >= 15 is 0 Å². The van der Waals surface area contributed by atoms with E-state index in [0.717, 1.165) is 16.0 Å². The van der Waals surface area contributed by atoms with Crippen molar-refractivity contribution < 1.29 is 14.7 Å². The minimum absolute atomic E-state index is 0.148. The Hall–Kier alpha value is -5.00. The number of hydrogen-bond donors (Lipinski definition) is 3. The molecule has 0 atom stereocenters. The van der Waals surface area contributed by atoms with Crippen LogP contribution in [0.2, 0.25) is 0 Å². The number of amides is 2. The van der Waals surface area contributed by atoms with E-state index in [-0.39, 0.29) is 28.0 Å². The molecule has 2 aromatic carbocycles. The van der Waals surface area contributed by atoms with Gasteiger partial charge in [-0.3, -0.25) is 19.0 Å². The minimum atomic E-state index is -0.888. The monoisotopic (exact) mass is 544 g/mol. The van der Waals surface area contributed by atoms with E-state index in [1.807, 2.05) is 0 Å². The normalized spacial score (nSPS) is 13.3. The minimum Gasteiger partial charge on any atom is -0.493 e. The van der Waals surface area contributed by atoms with Gasteiger partial charge in [-0.05, 0) is 24.3 Å². The average molecular weight is 545 g/mol. The number of aromatic hydroxyl groups is 1. The van der Waals surface area contributed by atoms with Gasteiger partial charge in [0, 0.05) is 0 Å². The lowest BCUT2D eigenvalue weighted by Gasteiger charge is -2.10. The van der Waals surface area contributed by atoms with Crippen molar-refractivity contribution in [3.8, 4) is 23.3 Å². The number of para-hydroxylation sites is 2. The van der Waals surface area contributed by atoms with Crippen molar-refractivity contribution in [2.24, 2.45) is 10.1 Å². The van der Waals surface area contributed by atoms with Gasteiger partial charge in [-0.1, -0.05) is 59.5 Å². The van der Waals surface area contributed by atoms with Crippen LogP contribution in [0.25, 0.3) is 11.4 Å². The van der Waals surface area contributed by atoms with Crippen LogP contribution in [0.15, 0.2) is 75.6 Å². The first kappa shape index (κ1) is 24.7. The summed E-state index contributed by atoms with van der Waals surface area (Å²) in [6.07, 6.45) is 0. The highest BCUT2D eigenvalue weighted by atomic mass is 32.2. The van der Waals surface area contributed by atoms with Gasteiger partial charge in [0.25, 0.3) is 17.4 Å². The lowest BCUT2D eigenvalue weighted by molar-refractivity contribution is -0.115. The van der Waals surface area contributed by atoms with Crippen molar-refractivity contribution in [2.75, 3.05) is 11.5 Å². The van der Waals surface area contributed by atoms with Gasteiger partial charge < -0.3 is 10.8 Å². The maximum atomic E-state index is 13.1. The van der Waals surface area contributed by atoms with E-state index < -0.39 is 22.7 Å². The van der Waals surface area contributed by atoms with Crippen molar-refractivity contribution in [3.63, 3.8) is 0 Å². The molecule has 0 aliphatic carbocycles. The molecule has 14 heteroatoms. The van der Waals surface area contributed by atoms with E-state index in [4.69, 9.17) is 5.73 Å². The number of thioether (sulfide) groups is 1. The summed E-state index contributed by atoms with van der Waals surface area (Å²) in [6, 6.07) is 18.7. The van der Waals surface area contributed by atoms with Crippen LogP contribution >= 0.6 is 23.1 Å². The number of nitrogens with one attached hydrogen (secondary N) is 1. The molecule has 3 heterocycles. The number of nitrogen functional groups attached to an aromatic ring is 1. The molecule has 0 fully saturated rings. The molecular weight excluding hydrogens is 528 g/mol. The lowest BCUT2D eigenvalue weighted by atomic mass is 10.2. The largest absolute Gasteiger partial charge is 0.493 e. The smallest absolute Gasteiger partial charge is 0.294 e. The Morgan fingerprint density at radius 3 is 2.37 bits per heavy atom. The number of anilines is 1. The summed E-state index contributed by atoms with van der Waals surface area (Å²) < 4.78 is 2.30. The fourth-order valence-corrected chi connectivity index (χ4v) is 5.42. The van der Waals surface area contributed by atoms with E-state index in [1.165, 1.54) is 16.3 Å². The second kappa shape index (κ2) is 10.2. The summed E-state index contributed by atoms with van der Waals surface area (Å²) in [4.78, 5) is 41.9. The molecule has 5 rings (SSSR count). The maximum absolute atomic E-state index is 13.1. The van der Waals surface area contributed by atoms with Gasteiger partial charge in [-0.25, -0.2) is 10.4 Å². The molecule has 1 aliphatic rings. The fraction of sp³-hybridized carbons (Fsp3) is 0.0417. The number of carbonyl (C=O) groups excluding carboxylic acids is 2. The lowest BCUT2D eigenvalue weighted by Crippen LogP contribution is -2.32. The highest BCUT2D eigenvalue weighted by Gasteiger charge is 2.25. The van der Waals surface area contributed by atoms with Crippen LogP contribution < -0.4 is 21.5 Å². The highest BCUT2D eigenvalue weighted by Crippen LogP contribution is 2.30. The average Bonchev–Trinajstić information content (AvgIpc) is 3.51. The van der Waals surface area contributed by atoms with E-state index in [0.29, 0.717) is 21.3 Å². The van der Waals surface area contributed by atoms with Gasteiger partial charge in [-0.2, -0.15) is 15.0 Å². The number of nitrogens with zero attached hydrogens (tertiary/aromatic N) is 6. The number of aliphatic imine (C=N–C) groups is 1. The summed E-state index contributed by atoms with van der Waals surface area (Å²) in [5.74, 6) is -1.26. The van der Waals surface area contributed by atoms with Gasteiger partial charge in [0.05, 0.1) is 22.8 Å². The van der Waals surface area contributed by atoms with E-state index in [2.05, 4.69) is 20.6 Å². The Morgan fingerprint density at radius 2 is 1.76 bits per heavy atom. The van der Waals surface area contributed by atoms with Crippen molar-refractivity contribution in [1.82, 2.24) is 19.8 Å². The maximum Gasteiger partial charge on any atom is 0.294 e. The molecule has 4 N–H and O–H groups in total. The first-order chi connectivity index (χ1) is 18.4. The molecule has 2 amide bonds. The first-order valence-corrected chi connectivity index (χ1v) is 12.7. The Balaban J connectivity index is 1.60. The van der Waals surface area contributed by atoms with Crippen LogP contribution in [0.3, 0.4) is 0 Å². The van der Waals surface area contributed by atoms with Crippen LogP contribution in [0, 0.1) is 11.3 Å². The van der Waals surface area contributed by atoms with Crippen LogP contribution in [0.4, 0.5) is 5.69 Å². The molecule has 2 aromatic heterocycles. The number of hydrogen-bond acceptors (Lipinski definition) is 10. The number of aromatic nitrogens is 3. The molecule has 0 saturated carbocycles. The molecule has 4 aromatic rings. The summed E-state index contributed by atoms with van der Waals surface area (Å²) >= 11 is 2.18. The highest BCUT2D eigenvalue weighted by molar-refractivity contribution is 8.15. The molecule has 1 aliphatic heterocycles. The molecular formula is C24H16N8O4S2. The number of carbonyl (C=O) groups is 2. The second-order valence-electron chi connectivity index (χ2n) is 7.66. The van der Waals surface area contributed by atoms with Gasteiger partial charge in [-0.15, -0.1) is 5.10 Å². The Morgan fingerprint density at radius 1 is 1.11 bits per heavy atom. The van der Waals surface area contributed by atoms with Crippen LogP contribution in [-0.4, -0.2) is 42.1 Å². The molecule has 188 valence electrons. The predicted octanol–water partition coefficient (Wildman–Crippen LogP) is 1.51. The topological polar surface area (TPSA) is 181 Å². The number of nitriles is 1.